The Hall–Kier alpha value is -2.41. The van der Waals surface area contributed by atoms with E-state index in [1.165, 1.54) is 11.8 Å². The van der Waals surface area contributed by atoms with E-state index in [1.807, 2.05) is 43.3 Å². The van der Waals surface area contributed by atoms with Gasteiger partial charge in [0.15, 0.2) is 5.17 Å². The van der Waals surface area contributed by atoms with Crippen molar-refractivity contribution in [3.05, 3.63) is 102 Å². The molecule has 176 valence electrons. The van der Waals surface area contributed by atoms with E-state index in [1.54, 1.807) is 24.3 Å². The second-order valence-corrected chi connectivity index (χ2v) is 10.6. The summed E-state index contributed by atoms with van der Waals surface area (Å²) in [6.07, 6.45) is 1.90. The van der Waals surface area contributed by atoms with Gasteiger partial charge in [0.1, 0.15) is 0 Å². The number of amides is 1. The van der Waals surface area contributed by atoms with Crippen molar-refractivity contribution in [1.29, 1.82) is 0 Å². The van der Waals surface area contributed by atoms with Crippen LogP contribution in [0.5, 0.6) is 0 Å². The molecule has 1 fully saturated rings. The van der Waals surface area contributed by atoms with Gasteiger partial charge in [0, 0.05) is 38.8 Å². The number of fused-ring (bicyclic) bond motifs is 1. The van der Waals surface area contributed by atoms with Crippen molar-refractivity contribution in [1.82, 2.24) is 9.88 Å². The SMILES string of the molecule is Cc1c(/C=C2/SC(=Nc3cccc(Cl)c3Cl)NC2=O)c2ccccc2n1Cc1ccc(Cl)cc1Cl. The number of amidine groups is 1. The zero-order chi connectivity index (χ0) is 24.7. The standard InChI is InChI=1S/C26H17Cl4N3OS/c1-14-18(12-23-25(34)32-26(35-23)31-21-7-4-6-19(28)24(21)30)17-5-2-3-8-22(17)33(14)13-15-9-10-16(27)11-20(15)29/h2-12H,13H2,1H3,(H,31,32,34)/b23-12+. The molecule has 5 rings (SSSR count). The van der Waals surface area contributed by atoms with Crippen LogP contribution in [-0.2, 0) is 11.3 Å². The second-order valence-electron chi connectivity index (χ2n) is 7.89. The summed E-state index contributed by atoms with van der Waals surface area (Å²) in [5.74, 6) is -0.219. The maximum Gasteiger partial charge on any atom is 0.264 e. The fourth-order valence-corrected chi connectivity index (χ4v) is 5.59. The van der Waals surface area contributed by atoms with Crippen molar-refractivity contribution >= 4 is 91.9 Å². The van der Waals surface area contributed by atoms with E-state index in [2.05, 4.69) is 20.9 Å². The van der Waals surface area contributed by atoms with E-state index in [-0.39, 0.29) is 5.91 Å². The molecule has 1 aliphatic heterocycles. The normalized spacial score (nSPS) is 16.0. The van der Waals surface area contributed by atoms with Crippen LogP contribution in [0.4, 0.5) is 5.69 Å². The van der Waals surface area contributed by atoms with Crippen LogP contribution >= 0.6 is 58.2 Å². The number of hydrogen-bond donors (Lipinski definition) is 1. The molecule has 1 N–H and O–H groups in total. The van der Waals surface area contributed by atoms with E-state index >= 15 is 0 Å². The Bertz CT molecular complexity index is 1560. The van der Waals surface area contributed by atoms with Crippen LogP contribution in [0.1, 0.15) is 16.8 Å². The van der Waals surface area contributed by atoms with E-state index in [0.29, 0.717) is 42.4 Å². The summed E-state index contributed by atoms with van der Waals surface area (Å²) in [5.41, 5.74) is 4.48. The predicted octanol–water partition coefficient (Wildman–Crippen LogP) is 8.50. The molecule has 9 heteroatoms. The highest BCUT2D eigenvalue weighted by Gasteiger charge is 2.25. The Balaban J connectivity index is 1.53. The number of rotatable bonds is 4. The van der Waals surface area contributed by atoms with Gasteiger partial charge in [-0.25, -0.2) is 4.99 Å². The maximum atomic E-state index is 12.8. The van der Waals surface area contributed by atoms with Crippen LogP contribution in [0.25, 0.3) is 17.0 Å². The largest absolute Gasteiger partial charge is 0.340 e. The predicted molar refractivity (Wildman–Crippen MR) is 150 cm³/mol. The third-order valence-corrected chi connectivity index (χ3v) is 8.01. The molecular weight excluding hydrogens is 544 g/mol. The van der Waals surface area contributed by atoms with E-state index in [4.69, 9.17) is 46.4 Å². The molecule has 3 aromatic carbocycles. The van der Waals surface area contributed by atoms with Crippen molar-refractivity contribution in [2.45, 2.75) is 13.5 Å². The lowest BCUT2D eigenvalue weighted by atomic mass is 10.1. The molecule has 1 amide bonds. The molecule has 0 unspecified atom stereocenters. The summed E-state index contributed by atoms with van der Waals surface area (Å²) in [5, 5.41) is 6.25. The van der Waals surface area contributed by atoms with Crippen molar-refractivity contribution in [3.8, 4) is 0 Å². The molecule has 0 radical (unpaired) electrons. The number of para-hydroxylation sites is 1. The van der Waals surface area contributed by atoms with Gasteiger partial charge in [-0.1, -0.05) is 76.7 Å². The molecule has 2 heterocycles. The number of benzene rings is 3. The molecule has 0 spiro atoms. The first kappa shape index (κ1) is 24.3. The number of aliphatic imine (C=N–C) groups is 1. The molecule has 0 atom stereocenters. The number of halogens is 4. The van der Waals surface area contributed by atoms with Gasteiger partial charge >= 0.3 is 0 Å². The van der Waals surface area contributed by atoms with Crippen LogP contribution in [0.3, 0.4) is 0 Å². The maximum absolute atomic E-state index is 12.8. The van der Waals surface area contributed by atoms with Gasteiger partial charge in [-0.05, 0) is 60.7 Å². The smallest absolute Gasteiger partial charge is 0.264 e. The monoisotopic (exact) mass is 559 g/mol. The fraction of sp³-hybridized carbons (Fsp3) is 0.0769. The molecule has 1 aromatic heterocycles. The van der Waals surface area contributed by atoms with Crippen LogP contribution in [0.2, 0.25) is 20.1 Å². The van der Waals surface area contributed by atoms with Crippen LogP contribution < -0.4 is 5.32 Å². The number of hydrogen-bond acceptors (Lipinski definition) is 3. The molecular formula is C26H17Cl4N3OS. The van der Waals surface area contributed by atoms with E-state index in [9.17, 15) is 4.79 Å². The summed E-state index contributed by atoms with van der Waals surface area (Å²) in [6, 6.07) is 18.8. The quantitative estimate of drug-likeness (QED) is 0.254. The number of carbonyl (C=O) groups excluding carboxylic acids is 1. The molecule has 1 saturated heterocycles. The zero-order valence-corrected chi connectivity index (χ0v) is 22.1. The highest BCUT2D eigenvalue weighted by Crippen LogP contribution is 2.36. The number of nitrogens with zero attached hydrogens (tertiary/aromatic N) is 2. The summed E-state index contributed by atoms with van der Waals surface area (Å²) in [6.45, 7) is 2.61. The minimum Gasteiger partial charge on any atom is -0.340 e. The molecule has 0 bridgehead atoms. The van der Waals surface area contributed by atoms with Gasteiger partial charge < -0.3 is 9.88 Å². The first-order chi connectivity index (χ1) is 16.8. The average Bonchev–Trinajstić information content (AvgIpc) is 3.30. The molecule has 0 aliphatic carbocycles. The number of nitrogens with one attached hydrogen (secondary N) is 1. The lowest BCUT2D eigenvalue weighted by Gasteiger charge is -2.10. The Morgan fingerprint density at radius 3 is 2.60 bits per heavy atom. The van der Waals surface area contributed by atoms with Gasteiger partial charge in [-0.3, -0.25) is 4.79 Å². The zero-order valence-electron chi connectivity index (χ0n) is 18.3. The highest BCUT2D eigenvalue weighted by molar-refractivity contribution is 8.18. The van der Waals surface area contributed by atoms with Gasteiger partial charge in [0.05, 0.1) is 20.6 Å². The summed E-state index contributed by atoms with van der Waals surface area (Å²) < 4.78 is 2.19. The lowest BCUT2D eigenvalue weighted by Crippen LogP contribution is -2.19. The number of carbonyl (C=O) groups is 1. The minimum atomic E-state index is -0.219. The number of thioether (sulfide) groups is 1. The second kappa shape index (κ2) is 9.92. The molecule has 1 aliphatic rings. The Morgan fingerprint density at radius 2 is 1.80 bits per heavy atom. The molecule has 0 saturated carbocycles. The summed E-state index contributed by atoms with van der Waals surface area (Å²) >= 11 is 26.1. The average molecular weight is 561 g/mol. The van der Waals surface area contributed by atoms with Crippen LogP contribution in [-0.4, -0.2) is 15.6 Å². The van der Waals surface area contributed by atoms with Crippen molar-refractivity contribution in [2.75, 3.05) is 0 Å². The lowest BCUT2D eigenvalue weighted by molar-refractivity contribution is -0.115. The van der Waals surface area contributed by atoms with Gasteiger partial charge in [0.2, 0.25) is 0 Å². The third-order valence-electron chi connectivity index (χ3n) is 5.70. The first-order valence-corrected chi connectivity index (χ1v) is 12.9. The van der Waals surface area contributed by atoms with Crippen molar-refractivity contribution < 1.29 is 4.79 Å². The molecule has 4 aromatic rings. The summed E-state index contributed by atoms with van der Waals surface area (Å²) in [7, 11) is 0. The van der Waals surface area contributed by atoms with Gasteiger partial charge in [-0.2, -0.15) is 0 Å². The Labute approximate surface area is 226 Å². The van der Waals surface area contributed by atoms with E-state index < -0.39 is 0 Å². The Morgan fingerprint density at radius 1 is 1.00 bits per heavy atom. The van der Waals surface area contributed by atoms with Crippen LogP contribution in [0, 0.1) is 6.92 Å². The van der Waals surface area contributed by atoms with Gasteiger partial charge in [0.25, 0.3) is 5.91 Å². The third kappa shape index (κ3) is 4.84. The van der Waals surface area contributed by atoms with Gasteiger partial charge in [-0.15, -0.1) is 0 Å². The minimum absolute atomic E-state index is 0.219. The first-order valence-electron chi connectivity index (χ1n) is 10.6. The highest BCUT2D eigenvalue weighted by atomic mass is 35.5. The van der Waals surface area contributed by atoms with Crippen molar-refractivity contribution in [3.63, 3.8) is 0 Å². The molecule has 35 heavy (non-hydrogen) atoms. The topological polar surface area (TPSA) is 46.4 Å². The fourth-order valence-electron chi connectivity index (χ4n) is 3.96. The Kier molecular flexibility index (Phi) is 6.88. The number of aromatic nitrogens is 1. The summed E-state index contributed by atoms with van der Waals surface area (Å²) in [4.78, 5) is 17.8. The van der Waals surface area contributed by atoms with Crippen LogP contribution in [0.15, 0.2) is 70.6 Å². The van der Waals surface area contributed by atoms with E-state index in [0.717, 1.165) is 27.7 Å². The van der Waals surface area contributed by atoms with Crippen molar-refractivity contribution in [2.24, 2.45) is 4.99 Å². The molecule has 4 nitrogen and oxygen atoms in total.